The van der Waals surface area contributed by atoms with Crippen molar-refractivity contribution in [2.75, 3.05) is 26.2 Å². The number of piperazine rings is 1. The maximum atomic E-state index is 8.88. The van der Waals surface area contributed by atoms with Gasteiger partial charge < -0.3 is 5.32 Å². The van der Waals surface area contributed by atoms with E-state index in [9.17, 15) is 0 Å². The van der Waals surface area contributed by atoms with Crippen molar-refractivity contribution < 1.29 is 0 Å². The van der Waals surface area contributed by atoms with Crippen LogP contribution in [0.2, 0.25) is 0 Å². The van der Waals surface area contributed by atoms with Crippen LogP contribution in [0.15, 0.2) is 16.8 Å². The second kappa shape index (κ2) is 5.26. The van der Waals surface area contributed by atoms with E-state index in [4.69, 9.17) is 5.26 Å². The monoisotopic (exact) mass is 221 g/mol. The molecule has 1 N–H and O–H groups in total. The van der Waals surface area contributed by atoms with E-state index < -0.39 is 0 Å². The van der Waals surface area contributed by atoms with E-state index in [0.717, 1.165) is 26.2 Å². The SMILES string of the molecule is N#CC[C@H](c1ccsc1)N1CCNCC1. The van der Waals surface area contributed by atoms with Gasteiger partial charge in [-0.05, 0) is 22.4 Å². The summed E-state index contributed by atoms with van der Waals surface area (Å²) in [6.07, 6.45) is 0.594. The summed E-state index contributed by atoms with van der Waals surface area (Å²) in [6, 6.07) is 4.72. The first kappa shape index (κ1) is 10.6. The molecular formula is C11H15N3S. The van der Waals surface area contributed by atoms with Gasteiger partial charge in [0.05, 0.1) is 12.5 Å². The molecule has 1 aromatic heterocycles. The molecule has 2 heterocycles. The highest BCUT2D eigenvalue weighted by atomic mass is 32.1. The van der Waals surface area contributed by atoms with Crippen molar-refractivity contribution in [1.82, 2.24) is 10.2 Å². The third kappa shape index (κ3) is 2.57. The smallest absolute Gasteiger partial charge is 0.0641 e. The van der Waals surface area contributed by atoms with Gasteiger partial charge in [0.1, 0.15) is 0 Å². The van der Waals surface area contributed by atoms with Gasteiger partial charge in [0.2, 0.25) is 0 Å². The molecule has 2 rings (SSSR count). The Morgan fingerprint density at radius 2 is 2.33 bits per heavy atom. The van der Waals surface area contributed by atoms with E-state index in [2.05, 4.69) is 33.1 Å². The van der Waals surface area contributed by atoms with Crippen LogP contribution in [-0.2, 0) is 0 Å². The molecule has 1 aliphatic heterocycles. The normalized spacial score (nSPS) is 19.7. The number of nitriles is 1. The van der Waals surface area contributed by atoms with Crippen LogP contribution in [0.25, 0.3) is 0 Å². The van der Waals surface area contributed by atoms with Gasteiger partial charge in [-0.25, -0.2) is 0 Å². The first-order chi connectivity index (χ1) is 7.42. The molecule has 0 saturated carbocycles. The number of nitrogens with one attached hydrogen (secondary N) is 1. The van der Waals surface area contributed by atoms with Gasteiger partial charge in [0.15, 0.2) is 0 Å². The molecule has 1 atom stereocenters. The van der Waals surface area contributed by atoms with Gasteiger partial charge in [-0.3, -0.25) is 4.90 Å². The summed E-state index contributed by atoms with van der Waals surface area (Å²) in [4.78, 5) is 2.40. The first-order valence-electron chi connectivity index (χ1n) is 5.25. The fourth-order valence-corrected chi connectivity index (χ4v) is 2.71. The Morgan fingerprint density at radius 3 is 2.93 bits per heavy atom. The number of rotatable bonds is 3. The molecule has 1 aliphatic rings. The van der Waals surface area contributed by atoms with E-state index >= 15 is 0 Å². The Kier molecular flexibility index (Phi) is 3.73. The van der Waals surface area contributed by atoms with Crippen molar-refractivity contribution >= 4 is 11.3 Å². The van der Waals surface area contributed by atoms with E-state index in [1.807, 2.05) is 0 Å². The highest BCUT2D eigenvalue weighted by Gasteiger charge is 2.21. The largest absolute Gasteiger partial charge is 0.314 e. The van der Waals surface area contributed by atoms with E-state index in [1.54, 1.807) is 11.3 Å². The topological polar surface area (TPSA) is 39.1 Å². The lowest BCUT2D eigenvalue weighted by atomic mass is 10.1. The molecule has 80 valence electrons. The van der Waals surface area contributed by atoms with Crippen LogP contribution in [0.3, 0.4) is 0 Å². The minimum Gasteiger partial charge on any atom is -0.314 e. The molecule has 15 heavy (non-hydrogen) atoms. The predicted molar refractivity (Wildman–Crippen MR) is 61.7 cm³/mol. The molecule has 0 aromatic carbocycles. The minimum atomic E-state index is 0.295. The maximum absolute atomic E-state index is 8.88. The molecule has 1 fully saturated rings. The summed E-state index contributed by atoms with van der Waals surface area (Å²) >= 11 is 1.71. The lowest BCUT2D eigenvalue weighted by Crippen LogP contribution is -2.45. The fourth-order valence-electron chi connectivity index (χ4n) is 2.00. The Labute approximate surface area is 94.3 Å². The quantitative estimate of drug-likeness (QED) is 0.843. The predicted octanol–water partition coefficient (Wildman–Crippen LogP) is 1.61. The summed E-state index contributed by atoms with van der Waals surface area (Å²) in [7, 11) is 0. The second-order valence-electron chi connectivity index (χ2n) is 3.72. The van der Waals surface area contributed by atoms with Crippen LogP contribution in [0.5, 0.6) is 0 Å². The van der Waals surface area contributed by atoms with Crippen LogP contribution in [-0.4, -0.2) is 31.1 Å². The van der Waals surface area contributed by atoms with Crippen molar-refractivity contribution in [1.29, 1.82) is 5.26 Å². The standard InChI is InChI=1S/C11H15N3S/c12-3-1-11(10-2-8-15-9-10)14-6-4-13-5-7-14/h2,8-9,11,13H,1,4-7H2/t11-/m1/s1. The molecule has 1 aromatic rings. The first-order valence-corrected chi connectivity index (χ1v) is 6.20. The lowest BCUT2D eigenvalue weighted by Gasteiger charge is -2.33. The van der Waals surface area contributed by atoms with Gasteiger partial charge in [-0.2, -0.15) is 16.6 Å². The summed E-state index contributed by atoms with van der Waals surface area (Å²) in [5, 5.41) is 16.5. The fraction of sp³-hybridized carbons (Fsp3) is 0.545. The van der Waals surface area contributed by atoms with E-state index in [0.29, 0.717) is 12.5 Å². The van der Waals surface area contributed by atoms with Crippen molar-refractivity contribution in [2.24, 2.45) is 0 Å². The minimum absolute atomic E-state index is 0.295. The van der Waals surface area contributed by atoms with E-state index in [-0.39, 0.29) is 0 Å². The third-order valence-corrected chi connectivity index (χ3v) is 3.51. The molecule has 0 radical (unpaired) electrons. The summed E-state index contributed by atoms with van der Waals surface area (Å²) in [6.45, 7) is 4.16. The highest BCUT2D eigenvalue weighted by molar-refractivity contribution is 7.07. The van der Waals surface area contributed by atoms with Crippen LogP contribution in [0, 0.1) is 11.3 Å². The zero-order chi connectivity index (χ0) is 10.5. The molecule has 0 spiro atoms. The molecule has 0 unspecified atom stereocenters. The molecule has 3 nitrogen and oxygen atoms in total. The second-order valence-corrected chi connectivity index (χ2v) is 4.50. The zero-order valence-corrected chi connectivity index (χ0v) is 9.46. The number of thiophene rings is 1. The number of hydrogen-bond acceptors (Lipinski definition) is 4. The Balaban J connectivity index is 2.08. The van der Waals surface area contributed by atoms with Gasteiger partial charge in [-0.1, -0.05) is 0 Å². The average Bonchev–Trinajstić information content (AvgIpc) is 2.80. The van der Waals surface area contributed by atoms with E-state index in [1.165, 1.54) is 5.56 Å². The van der Waals surface area contributed by atoms with Gasteiger partial charge in [-0.15, -0.1) is 0 Å². The van der Waals surface area contributed by atoms with Crippen LogP contribution < -0.4 is 5.32 Å². The third-order valence-electron chi connectivity index (χ3n) is 2.80. The summed E-state index contributed by atoms with van der Waals surface area (Å²) < 4.78 is 0. The van der Waals surface area contributed by atoms with Crippen molar-refractivity contribution in [3.8, 4) is 6.07 Å². The zero-order valence-electron chi connectivity index (χ0n) is 8.65. The molecule has 0 amide bonds. The summed E-state index contributed by atoms with van der Waals surface area (Å²) in [5.74, 6) is 0. The van der Waals surface area contributed by atoms with Crippen molar-refractivity contribution in [3.63, 3.8) is 0 Å². The Hall–Kier alpha value is -0.890. The van der Waals surface area contributed by atoms with Crippen LogP contribution >= 0.6 is 11.3 Å². The Bertz CT molecular complexity index is 322. The Morgan fingerprint density at radius 1 is 1.53 bits per heavy atom. The number of nitrogens with zero attached hydrogens (tertiary/aromatic N) is 2. The molecular weight excluding hydrogens is 206 g/mol. The van der Waals surface area contributed by atoms with Crippen LogP contribution in [0.4, 0.5) is 0 Å². The molecule has 1 saturated heterocycles. The summed E-state index contributed by atoms with van der Waals surface area (Å²) in [5.41, 5.74) is 1.29. The van der Waals surface area contributed by atoms with Crippen molar-refractivity contribution in [3.05, 3.63) is 22.4 Å². The van der Waals surface area contributed by atoms with Crippen LogP contribution in [0.1, 0.15) is 18.0 Å². The molecule has 0 aliphatic carbocycles. The average molecular weight is 221 g/mol. The lowest BCUT2D eigenvalue weighted by molar-refractivity contribution is 0.176. The molecule has 0 bridgehead atoms. The van der Waals surface area contributed by atoms with Crippen molar-refractivity contribution in [2.45, 2.75) is 12.5 Å². The van der Waals surface area contributed by atoms with Gasteiger partial charge >= 0.3 is 0 Å². The maximum Gasteiger partial charge on any atom is 0.0641 e. The number of hydrogen-bond donors (Lipinski definition) is 1. The highest BCUT2D eigenvalue weighted by Crippen LogP contribution is 2.25. The van der Waals surface area contributed by atoms with Gasteiger partial charge in [0, 0.05) is 32.2 Å². The molecule has 4 heteroatoms. The van der Waals surface area contributed by atoms with Gasteiger partial charge in [0.25, 0.3) is 0 Å².